The minimum atomic E-state index is -0.528. The van der Waals surface area contributed by atoms with Crippen molar-refractivity contribution in [2.45, 2.75) is 6.92 Å². The Bertz CT molecular complexity index is 503. The number of hydrogen-bond donors (Lipinski definition) is 1. The Morgan fingerprint density at radius 3 is 2.88 bits per heavy atom. The van der Waals surface area contributed by atoms with Crippen molar-refractivity contribution in [3.63, 3.8) is 0 Å². The molecule has 82 valence electrons. The van der Waals surface area contributed by atoms with E-state index in [-0.39, 0.29) is 5.91 Å². The summed E-state index contributed by atoms with van der Waals surface area (Å²) in [5.74, 6) is -0.800. The van der Waals surface area contributed by atoms with Gasteiger partial charge in [-0.2, -0.15) is 0 Å². The van der Waals surface area contributed by atoms with Gasteiger partial charge in [-0.15, -0.1) is 0 Å². The molecule has 0 saturated carbocycles. The predicted octanol–water partition coefficient (Wildman–Crippen LogP) is 1.50. The molecule has 1 aromatic rings. The number of ether oxygens (including phenoxy) is 1. The van der Waals surface area contributed by atoms with Crippen LogP contribution < -0.4 is 5.32 Å². The lowest BCUT2D eigenvalue weighted by Gasteiger charge is -1.99. The number of benzene rings is 1. The maximum atomic E-state index is 11.6. The molecule has 0 fully saturated rings. The predicted molar refractivity (Wildman–Crippen MR) is 59.8 cm³/mol. The third kappa shape index (κ3) is 1.69. The zero-order chi connectivity index (χ0) is 11.7. The summed E-state index contributed by atoms with van der Waals surface area (Å²) < 4.78 is 4.51. The molecule has 0 aliphatic carbocycles. The van der Waals surface area contributed by atoms with Crippen molar-refractivity contribution in [2.24, 2.45) is 0 Å². The molecule has 0 aromatic heterocycles. The molecule has 0 radical (unpaired) electrons. The van der Waals surface area contributed by atoms with Crippen LogP contribution in [0.4, 0.5) is 5.69 Å². The van der Waals surface area contributed by atoms with E-state index in [1.54, 1.807) is 0 Å². The molecule has 1 aliphatic rings. The molecule has 0 spiro atoms. The summed E-state index contributed by atoms with van der Waals surface area (Å²) in [7, 11) is 1.28. The molecule has 1 N–H and O–H groups in total. The van der Waals surface area contributed by atoms with Crippen LogP contribution in [-0.2, 0) is 14.3 Å². The van der Waals surface area contributed by atoms with Crippen LogP contribution in [0.1, 0.15) is 11.1 Å². The van der Waals surface area contributed by atoms with E-state index in [0.29, 0.717) is 5.57 Å². The van der Waals surface area contributed by atoms with E-state index in [0.717, 1.165) is 16.8 Å². The van der Waals surface area contributed by atoms with Crippen LogP contribution in [0.25, 0.3) is 5.57 Å². The van der Waals surface area contributed by atoms with Crippen LogP contribution in [0.5, 0.6) is 0 Å². The number of aryl methyl sites for hydroxylation is 1. The molecule has 0 unspecified atom stereocenters. The summed E-state index contributed by atoms with van der Waals surface area (Å²) in [6, 6.07) is 5.59. The quantitative estimate of drug-likeness (QED) is 0.573. The average Bonchev–Trinajstić information content (AvgIpc) is 2.55. The number of rotatable bonds is 1. The molecule has 0 bridgehead atoms. The molecule has 4 nitrogen and oxygen atoms in total. The second kappa shape index (κ2) is 3.81. The van der Waals surface area contributed by atoms with Crippen molar-refractivity contribution in [2.75, 3.05) is 12.4 Å². The van der Waals surface area contributed by atoms with Gasteiger partial charge in [-0.1, -0.05) is 11.6 Å². The van der Waals surface area contributed by atoms with Crippen molar-refractivity contribution >= 4 is 23.1 Å². The SMILES string of the molecule is COC(=O)/C=C1/C(=O)Nc2ccc(C)cc21. The highest BCUT2D eigenvalue weighted by molar-refractivity contribution is 6.33. The minimum Gasteiger partial charge on any atom is -0.466 e. The summed E-state index contributed by atoms with van der Waals surface area (Å²) in [5.41, 5.74) is 2.86. The van der Waals surface area contributed by atoms with Gasteiger partial charge in [-0.3, -0.25) is 4.79 Å². The zero-order valence-electron chi connectivity index (χ0n) is 9.03. The Labute approximate surface area is 92.9 Å². The van der Waals surface area contributed by atoms with Gasteiger partial charge in [0.05, 0.1) is 12.7 Å². The smallest absolute Gasteiger partial charge is 0.331 e. The highest BCUT2D eigenvalue weighted by Gasteiger charge is 2.24. The topological polar surface area (TPSA) is 55.4 Å². The Morgan fingerprint density at radius 2 is 2.19 bits per heavy atom. The third-order valence-corrected chi connectivity index (χ3v) is 2.42. The number of esters is 1. The molecule has 0 saturated heterocycles. The average molecular weight is 217 g/mol. The molecule has 2 rings (SSSR count). The van der Waals surface area contributed by atoms with E-state index in [1.807, 2.05) is 25.1 Å². The summed E-state index contributed by atoms with van der Waals surface area (Å²) in [4.78, 5) is 22.7. The number of carbonyl (C=O) groups excluding carboxylic acids is 2. The Morgan fingerprint density at radius 1 is 1.44 bits per heavy atom. The molecule has 1 amide bonds. The van der Waals surface area contributed by atoms with Crippen LogP contribution in [0.3, 0.4) is 0 Å². The molecular weight excluding hydrogens is 206 g/mol. The fraction of sp³-hybridized carbons (Fsp3) is 0.167. The Kier molecular flexibility index (Phi) is 2.48. The first-order valence-corrected chi connectivity index (χ1v) is 4.84. The number of anilines is 1. The van der Waals surface area contributed by atoms with E-state index in [1.165, 1.54) is 13.2 Å². The summed E-state index contributed by atoms with van der Waals surface area (Å²) in [6.45, 7) is 1.93. The highest BCUT2D eigenvalue weighted by atomic mass is 16.5. The number of methoxy groups -OCH3 is 1. The highest BCUT2D eigenvalue weighted by Crippen LogP contribution is 2.32. The Hall–Kier alpha value is -2.10. The first-order chi connectivity index (χ1) is 7.61. The van der Waals surface area contributed by atoms with Crippen LogP contribution in [0.15, 0.2) is 24.3 Å². The maximum Gasteiger partial charge on any atom is 0.331 e. The molecule has 1 aromatic carbocycles. The first kappa shape index (κ1) is 10.4. The van der Waals surface area contributed by atoms with Gasteiger partial charge in [-0.25, -0.2) is 4.79 Å². The van der Waals surface area contributed by atoms with Gasteiger partial charge in [-0.05, 0) is 19.1 Å². The van der Waals surface area contributed by atoms with Crippen LogP contribution >= 0.6 is 0 Å². The molecular formula is C12H11NO3. The normalized spacial score (nSPS) is 15.9. The van der Waals surface area contributed by atoms with Gasteiger partial charge < -0.3 is 10.1 Å². The third-order valence-electron chi connectivity index (χ3n) is 2.42. The van der Waals surface area contributed by atoms with Gasteiger partial charge >= 0.3 is 5.97 Å². The van der Waals surface area contributed by atoms with Crippen LogP contribution in [0.2, 0.25) is 0 Å². The van der Waals surface area contributed by atoms with Crippen molar-refractivity contribution in [1.29, 1.82) is 0 Å². The van der Waals surface area contributed by atoms with Gasteiger partial charge in [0.1, 0.15) is 0 Å². The van der Waals surface area contributed by atoms with Crippen molar-refractivity contribution in [1.82, 2.24) is 0 Å². The number of fused-ring (bicyclic) bond motifs is 1. The number of hydrogen-bond acceptors (Lipinski definition) is 3. The van der Waals surface area contributed by atoms with Gasteiger partial charge in [0.2, 0.25) is 0 Å². The Balaban J connectivity index is 2.50. The van der Waals surface area contributed by atoms with Crippen molar-refractivity contribution in [3.05, 3.63) is 35.4 Å². The van der Waals surface area contributed by atoms with E-state index in [9.17, 15) is 9.59 Å². The van der Waals surface area contributed by atoms with Gasteiger partial charge in [0.15, 0.2) is 0 Å². The van der Waals surface area contributed by atoms with E-state index >= 15 is 0 Å². The van der Waals surface area contributed by atoms with Crippen LogP contribution in [0, 0.1) is 6.92 Å². The van der Waals surface area contributed by atoms with E-state index in [2.05, 4.69) is 10.1 Å². The monoisotopic (exact) mass is 217 g/mol. The molecule has 4 heteroatoms. The lowest BCUT2D eigenvalue weighted by atomic mass is 10.0. The number of amides is 1. The molecule has 1 heterocycles. The van der Waals surface area contributed by atoms with Crippen molar-refractivity contribution in [3.8, 4) is 0 Å². The lowest BCUT2D eigenvalue weighted by molar-refractivity contribution is -0.134. The fourth-order valence-corrected chi connectivity index (χ4v) is 1.62. The van der Waals surface area contributed by atoms with E-state index < -0.39 is 5.97 Å². The largest absolute Gasteiger partial charge is 0.466 e. The standard InChI is InChI=1S/C12H11NO3/c1-7-3-4-10-8(5-7)9(12(15)13-10)6-11(14)16-2/h3-6H,1-2H3,(H,13,15)/b9-6+. The molecule has 1 aliphatic heterocycles. The molecule has 16 heavy (non-hydrogen) atoms. The zero-order valence-corrected chi connectivity index (χ0v) is 9.03. The second-order valence-electron chi connectivity index (χ2n) is 3.58. The second-order valence-corrected chi connectivity index (χ2v) is 3.58. The number of nitrogens with one attached hydrogen (secondary N) is 1. The van der Waals surface area contributed by atoms with Crippen molar-refractivity contribution < 1.29 is 14.3 Å². The minimum absolute atomic E-state index is 0.272. The lowest BCUT2D eigenvalue weighted by Crippen LogP contribution is -2.06. The van der Waals surface area contributed by atoms with Crippen LogP contribution in [-0.4, -0.2) is 19.0 Å². The summed E-state index contributed by atoms with van der Waals surface area (Å²) >= 11 is 0. The van der Waals surface area contributed by atoms with Gasteiger partial charge in [0.25, 0.3) is 5.91 Å². The maximum absolute atomic E-state index is 11.6. The summed E-state index contributed by atoms with van der Waals surface area (Å²) in [5, 5.41) is 2.69. The number of carbonyl (C=O) groups is 2. The van der Waals surface area contributed by atoms with Gasteiger partial charge in [0, 0.05) is 17.3 Å². The van der Waals surface area contributed by atoms with E-state index in [4.69, 9.17) is 0 Å². The molecule has 0 atom stereocenters. The first-order valence-electron chi connectivity index (χ1n) is 4.84. The summed E-state index contributed by atoms with van der Waals surface area (Å²) in [6.07, 6.45) is 1.21. The fourth-order valence-electron chi connectivity index (χ4n) is 1.62.